The normalized spacial score (nSPS) is 22.9. The minimum Gasteiger partial charge on any atom is -0.394 e. The number of amides is 1. The summed E-state index contributed by atoms with van der Waals surface area (Å²) in [5.74, 6) is -0.0652. The van der Waals surface area contributed by atoms with Crippen LogP contribution in [-0.2, 0) is 9.53 Å². The maximum atomic E-state index is 12.3. The molecule has 2 rings (SSSR count). The van der Waals surface area contributed by atoms with Crippen molar-refractivity contribution in [3.63, 3.8) is 0 Å². The van der Waals surface area contributed by atoms with Gasteiger partial charge in [0.05, 0.1) is 6.61 Å². The van der Waals surface area contributed by atoms with Gasteiger partial charge < -0.3 is 25.4 Å². The SMILES string of the molecule is CCCCCCCCCCCCCC(=O)Nc1ccn([C@@H]2O[C@H](CO)[C@@H](O)[C@H]2O)c(=O)n1. The second kappa shape index (κ2) is 14.4. The minimum absolute atomic E-state index is 0.131. The van der Waals surface area contributed by atoms with E-state index in [9.17, 15) is 19.8 Å². The van der Waals surface area contributed by atoms with Crippen LogP contribution in [0.15, 0.2) is 17.1 Å². The van der Waals surface area contributed by atoms with Crippen LogP contribution in [0.25, 0.3) is 0 Å². The van der Waals surface area contributed by atoms with E-state index in [0.29, 0.717) is 6.42 Å². The molecule has 1 aromatic rings. The number of carbonyl (C=O) groups excluding carboxylic acids is 1. The number of rotatable bonds is 15. The molecule has 0 aliphatic carbocycles. The number of anilines is 1. The summed E-state index contributed by atoms with van der Waals surface area (Å²) in [5, 5.41) is 31.7. The standard InChI is InChI=1S/C23H39N3O6/c1-2-3-4-5-6-7-8-9-10-11-12-13-19(28)24-18-14-15-26(23(31)25-18)22-21(30)20(29)17(16-27)32-22/h14-15,17,20-22,27,29-30H,2-13,16H2,1H3,(H,24,25,28,31)/t17-,20-,21-,22-/m1/s1. The Kier molecular flexibility index (Phi) is 11.9. The number of nitrogens with one attached hydrogen (secondary N) is 1. The zero-order valence-corrected chi connectivity index (χ0v) is 19.1. The number of unbranched alkanes of at least 4 members (excludes halogenated alkanes) is 10. The minimum atomic E-state index is -1.37. The molecule has 182 valence electrons. The lowest BCUT2D eigenvalue weighted by Crippen LogP contribution is -2.36. The van der Waals surface area contributed by atoms with Gasteiger partial charge in [0.15, 0.2) is 6.23 Å². The molecule has 1 aliphatic rings. The lowest BCUT2D eigenvalue weighted by atomic mass is 10.1. The highest BCUT2D eigenvalue weighted by Crippen LogP contribution is 2.28. The molecule has 9 nitrogen and oxygen atoms in total. The smallest absolute Gasteiger partial charge is 0.351 e. The Morgan fingerprint density at radius 2 is 1.62 bits per heavy atom. The summed E-state index contributed by atoms with van der Waals surface area (Å²) in [7, 11) is 0. The number of aliphatic hydroxyl groups excluding tert-OH is 3. The van der Waals surface area contributed by atoms with E-state index >= 15 is 0 Å². The number of carbonyl (C=O) groups is 1. The van der Waals surface area contributed by atoms with Crippen molar-refractivity contribution in [3.05, 3.63) is 22.7 Å². The Bertz CT molecular complexity index is 741. The van der Waals surface area contributed by atoms with Crippen molar-refractivity contribution in [3.8, 4) is 0 Å². The Morgan fingerprint density at radius 3 is 2.16 bits per heavy atom. The molecule has 0 aromatic carbocycles. The summed E-state index contributed by atoms with van der Waals surface area (Å²) in [6.45, 7) is 1.75. The summed E-state index contributed by atoms with van der Waals surface area (Å²) in [4.78, 5) is 28.2. The van der Waals surface area contributed by atoms with E-state index in [1.54, 1.807) is 0 Å². The van der Waals surface area contributed by atoms with Crippen molar-refractivity contribution in [2.45, 2.75) is 109 Å². The van der Waals surface area contributed by atoms with E-state index in [0.717, 1.165) is 23.8 Å². The first kappa shape index (κ1) is 26.4. The average molecular weight is 454 g/mol. The summed E-state index contributed by atoms with van der Waals surface area (Å²) in [5.41, 5.74) is -0.729. The summed E-state index contributed by atoms with van der Waals surface area (Å²) < 4.78 is 6.36. The first-order chi connectivity index (χ1) is 15.5. The van der Waals surface area contributed by atoms with Crippen molar-refractivity contribution in [1.29, 1.82) is 0 Å². The van der Waals surface area contributed by atoms with Gasteiger partial charge in [-0.2, -0.15) is 4.98 Å². The van der Waals surface area contributed by atoms with Gasteiger partial charge in [-0.15, -0.1) is 0 Å². The van der Waals surface area contributed by atoms with Gasteiger partial charge in [0, 0.05) is 12.6 Å². The van der Waals surface area contributed by atoms with Crippen LogP contribution in [-0.4, -0.2) is 55.7 Å². The number of aliphatic hydroxyl groups is 3. The van der Waals surface area contributed by atoms with Gasteiger partial charge in [-0.05, 0) is 12.5 Å². The van der Waals surface area contributed by atoms with E-state index < -0.39 is 36.8 Å². The molecular weight excluding hydrogens is 414 g/mol. The largest absolute Gasteiger partial charge is 0.394 e. The summed E-state index contributed by atoms with van der Waals surface area (Å²) in [6.07, 6.45) is 10.2. The van der Waals surface area contributed by atoms with Crippen molar-refractivity contribution in [2.24, 2.45) is 0 Å². The highest BCUT2D eigenvalue weighted by Gasteiger charge is 2.43. The average Bonchev–Trinajstić information content (AvgIpc) is 3.06. The predicted molar refractivity (Wildman–Crippen MR) is 121 cm³/mol. The van der Waals surface area contributed by atoms with Crippen LogP contribution in [0.3, 0.4) is 0 Å². The lowest BCUT2D eigenvalue weighted by molar-refractivity contribution is -0.116. The zero-order chi connectivity index (χ0) is 23.3. The molecular formula is C23H39N3O6. The molecule has 1 saturated heterocycles. The van der Waals surface area contributed by atoms with Crippen LogP contribution in [0, 0.1) is 0 Å². The van der Waals surface area contributed by atoms with Gasteiger partial charge in [0.25, 0.3) is 0 Å². The quantitative estimate of drug-likeness (QED) is 0.300. The lowest BCUT2D eigenvalue weighted by Gasteiger charge is -2.17. The third-order valence-electron chi connectivity index (χ3n) is 5.90. The maximum absolute atomic E-state index is 12.3. The van der Waals surface area contributed by atoms with E-state index in [2.05, 4.69) is 17.2 Å². The number of ether oxygens (including phenoxy) is 1. The summed E-state index contributed by atoms with van der Waals surface area (Å²) in [6, 6.07) is 1.44. The Hall–Kier alpha value is -1.81. The van der Waals surface area contributed by atoms with Crippen LogP contribution in [0.4, 0.5) is 5.82 Å². The number of aromatic nitrogens is 2. The first-order valence-corrected chi connectivity index (χ1v) is 12.0. The van der Waals surface area contributed by atoms with Gasteiger partial charge in [0.2, 0.25) is 5.91 Å². The third kappa shape index (κ3) is 8.27. The molecule has 1 aliphatic heterocycles. The second-order valence-corrected chi connectivity index (χ2v) is 8.57. The van der Waals surface area contributed by atoms with Crippen molar-refractivity contribution < 1.29 is 24.9 Å². The molecule has 0 radical (unpaired) electrons. The molecule has 2 heterocycles. The third-order valence-corrected chi connectivity index (χ3v) is 5.90. The van der Waals surface area contributed by atoms with E-state index in [4.69, 9.17) is 9.84 Å². The van der Waals surface area contributed by atoms with Crippen LogP contribution >= 0.6 is 0 Å². The molecule has 0 spiro atoms. The molecule has 1 aromatic heterocycles. The highest BCUT2D eigenvalue weighted by atomic mass is 16.6. The van der Waals surface area contributed by atoms with Gasteiger partial charge in [0.1, 0.15) is 24.1 Å². The molecule has 4 atom stereocenters. The van der Waals surface area contributed by atoms with E-state index in [-0.39, 0.29) is 11.7 Å². The molecule has 9 heteroatoms. The van der Waals surface area contributed by atoms with Crippen LogP contribution in [0.1, 0.15) is 90.2 Å². The molecule has 32 heavy (non-hydrogen) atoms. The Balaban J connectivity index is 1.65. The van der Waals surface area contributed by atoms with Crippen molar-refractivity contribution in [1.82, 2.24) is 9.55 Å². The maximum Gasteiger partial charge on any atom is 0.351 e. The van der Waals surface area contributed by atoms with E-state index in [1.807, 2.05) is 0 Å². The molecule has 1 fully saturated rings. The molecule has 0 bridgehead atoms. The number of hydrogen-bond acceptors (Lipinski definition) is 7. The fourth-order valence-corrected chi connectivity index (χ4v) is 3.94. The topological polar surface area (TPSA) is 134 Å². The van der Waals surface area contributed by atoms with Gasteiger partial charge in [-0.1, -0.05) is 71.1 Å². The molecule has 4 N–H and O–H groups in total. The molecule has 0 unspecified atom stereocenters. The monoisotopic (exact) mass is 453 g/mol. The van der Waals surface area contributed by atoms with Gasteiger partial charge in [-0.25, -0.2) is 4.79 Å². The van der Waals surface area contributed by atoms with Crippen molar-refractivity contribution >= 4 is 11.7 Å². The predicted octanol–water partition coefficient (Wildman–Crippen LogP) is 2.49. The Labute approximate surface area is 189 Å². The fraction of sp³-hybridized carbons (Fsp3) is 0.783. The fourth-order valence-electron chi connectivity index (χ4n) is 3.94. The van der Waals surface area contributed by atoms with Crippen molar-refractivity contribution in [2.75, 3.05) is 11.9 Å². The first-order valence-electron chi connectivity index (χ1n) is 12.0. The number of nitrogens with zero attached hydrogens (tertiary/aromatic N) is 2. The highest BCUT2D eigenvalue weighted by molar-refractivity contribution is 5.89. The Morgan fingerprint density at radius 1 is 1.03 bits per heavy atom. The molecule has 0 saturated carbocycles. The number of hydrogen-bond donors (Lipinski definition) is 4. The van der Waals surface area contributed by atoms with E-state index in [1.165, 1.54) is 63.6 Å². The van der Waals surface area contributed by atoms with Crippen LogP contribution < -0.4 is 11.0 Å². The zero-order valence-electron chi connectivity index (χ0n) is 19.1. The van der Waals surface area contributed by atoms with Gasteiger partial charge in [-0.3, -0.25) is 9.36 Å². The van der Waals surface area contributed by atoms with Crippen LogP contribution in [0.5, 0.6) is 0 Å². The summed E-state index contributed by atoms with van der Waals surface area (Å²) >= 11 is 0. The van der Waals surface area contributed by atoms with Gasteiger partial charge >= 0.3 is 5.69 Å². The molecule has 1 amide bonds. The second-order valence-electron chi connectivity index (χ2n) is 8.57. The van der Waals surface area contributed by atoms with Crippen LogP contribution in [0.2, 0.25) is 0 Å².